The summed E-state index contributed by atoms with van der Waals surface area (Å²) in [7, 11) is 1.60. The van der Waals surface area contributed by atoms with E-state index in [2.05, 4.69) is 11.4 Å². The minimum absolute atomic E-state index is 0.000282. The summed E-state index contributed by atoms with van der Waals surface area (Å²) in [6.07, 6.45) is -0.423. The van der Waals surface area contributed by atoms with Crippen molar-refractivity contribution in [3.63, 3.8) is 0 Å². The number of nitriles is 1. The molecule has 1 amide bonds. The van der Waals surface area contributed by atoms with E-state index in [1.54, 1.807) is 7.11 Å². The van der Waals surface area contributed by atoms with E-state index < -0.39 is 6.10 Å². The van der Waals surface area contributed by atoms with Crippen molar-refractivity contribution >= 4 is 5.91 Å². The van der Waals surface area contributed by atoms with Crippen molar-refractivity contribution in [1.29, 1.82) is 5.26 Å². The van der Waals surface area contributed by atoms with E-state index in [9.17, 15) is 4.79 Å². The third-order valence-corrected chi connectivity index (χ3v) is 2.49. The van der Waals surface area contributed by atoms with Crippen LogP contribution in [0.2, 0.25) is 0 Å². The molecule has 1 aliphatic heterocycles. The van der Waals surface area contributed by atoms with Gasteiger partial charge in [0.25, 0.3) is 0 Å². The highest BCUT2D eigenvalue weighted by Crippen LogP contribution is 2.03. The highest BCUT2D eigenvalue weighted by molar-refractivity contribution is 5.78. The Kier molecular flexibility index (Phi) is 5.91. The average molecular weight is 241 g/mol. The second-order valence-corrected chi connectivity index (χ2v) is 4.15. The molecule has 17 heavy (non-hydrogen) atoms. The number of carbonyl (C=O) groups is 1. The molecular weight excluding hydrogens is 222 g/mol. The second kappa shape index (κ2) is 7.22. The molecule has 1 aliphatic rings. The summed E-state index contributed by atoms with van der Waals surface area (Å²) in [5, 5.41) is 11.6. The van der Waals surface area contributed by atoms with Gasteiger partial charge in [-0.05, 0) is 6.92 Å². The van der Waals surface area contributed by atoms with Crippen molar-refractivity contribution in [3.8, 4) is 6.07 Å². The van der Waals surface area contributed by atoms with Gasteiger partial charge in [0, 0.05) is 26.2 Å². The van der Waals surface area contributed by atoms with Gasteiger partial charge >= 0.3 is 0 Å². The molecule has 0 aromatic heterocycles. The van der Waals surface area contributed by atoms with E-state index >= 15 is 0 Å². The Hall–Kier alpha value is -1.16. The first-order valence-corrected chi connectivity index (χ1v) is 5.67. The van der Waals surface area contributed by atoms with E-state index in [4.69, 9.17) is 14.7 Å². The Morgan fingerprint density at radius 3 is 3.18 bits per heavy atom. The van der Waals surface area contributed by atoms with Gasteiger partial charge in [-0.3, -0.25) is 9.69 Å². The van der Waals surface area contributed by atoms with E-state index in [-0.39, 0.29) is 11.9 Å². The topological polar surface area (TPSA) is 74.6 Å². The molecule has 2 atom stereocenters. The predicted molar refractivity (Wildman–Crippen MR) is 61.3 cm³/mol. The molecule has 0 aromatic rings. The van der Waals surface area contributed by atoms with Crippen LogP contribution in [0.3, 0.4) is 0 Å². The van der Waals surface area contributed by atoms with Gasteiger partial charge in [-0.15, -0.1) is 0 Å². The van der Waals surface area contributed by atoms with E-state index in [0.717, 1.165) is 0 Å². The van der Waals surface area contributed by atoms with Crippen LogP contribution < -0.4 is 5.32 Å². The number of nitrogens with one attached hydrogen (secondary N) is 1. The van der Waals surface area contributed by atoms with Gasteiger partial charge in [0.2, 0.25) is 5.91 Å². The fourth-order valence-corrected chi connectivity index (χ4v) is 1.74. The first kappa shape index (κ1) is 13.9. The quantitative estimate of drug-likeness (QED) is 0.693. The van der Waals surface area contributed by atoms with E-state index in [1.807, 2.05) is 11.8 Å². The number of hydrogen-bond acceptors (Lipinski definition) is 5. The zero-order valence-electron chi connectivity index (χ0n) is 10.3. The lowest BCUT2D eigenvalue weighted by atomic mass is 10.3. The lowest BCUT2D eigenvalue weighted by molar-refractivity contribution is -0.124. The van der Waals surface area contributed by atoms with Crippen LogP contribution >= 0.6 is 0 Å². The van der Waals surface area contributed by atoms with Crippen LogP contribution in [0.5, 0.6) is 0 Å². The molecule has 1 fully saturated rings. The summed E-state index contributed by atoms with van der Waals surface area (Å²) in [6, 6.07) is 2.05. The van der Waals surface area contributed by atoms with Gasteiger partial charge in [-0.25, -0.2) is 0 Å². The number of hydrogen-bond donors (Lipinski definition) is 1. The Morgan fingerprint density at radius 1 is 1.76 bits per heavy atom. The normalized spacial score (nSPS) is 22.8. The standard InChI is InChI=1S/C11H19N3O3/c1-9(8-16-2)13-11(15)7-14-3-4-17-10(5-12)6-14/h9-10H,3-4,6-8H2,1-2H3,(H,13,15). The van der Waals surface area contributed by atoms with Crippen LogP contribution in [0.1, 0.15) is 6.92 Å². The SMILES string of the molecule is COCC(C)NC(=O)CN1CCOC(C#N)C1. The first-order chi connectivity index (χ1) is 8.15. The van der Waals surface area contributed by atoms with Crippen LogP contribution in [0.15, 0.2) is 0 Å². The van der Waals surface area contributed by atoms with Crippen molar-refractivity contribution in [3.05, 3.63) is 0 Å². The Morgan fingerprint density at radius 2 is 2.53 bits per heavy atom. The minimum atomic E-state index is -0.423. The molecule has 0 saturated carbocycles. The molecule has 96 valence electrons. The number of carbonyl (C=O) groups excluding carboxylic acids is 1. The van der Waals surface area contributed by atoms with Crippen molar-refractivity contribution < 1.29 is 14.3 Å². The first-order valence-electron chi connectivity index (χ1n) is 5.67. The maximum absolute atomic E-state index is 11.7. The lowest BCUT2D eigenvalue weighted by Gasteiger charge is -2.29. The number of morpholine rings is 1. The number of ether oxygens (including phenoxy) is 2. The molecule has 1 saturated heterocycles. The van der Waals surface area contributed by atoms with Crippen LogP contribution in [0.4, 0.5) is 0 Å². The smallest absolute Gasteiger partial charge is 0.234 e. The number of methoxy groups -OCH3 is 1. The largest absolute Gasteiger partial charge is 0.383 e. The maximum Gasteiger partial charge on any atom is 0.234 e. The van der Waals surface area contributed by atoms with Crippen molar-refractivity contribution in [2.24, 2.45) is 0 Å². The Balaban J connectivity index is 2.28. The Bertz CT molecular complexity index is 290. The summed E-state index contributed by atoms with van der Waals surface area (Å²) in [5.74, 6) is -0.0480. The van der Waals surface area contributed by atoms with Crippen LogP contribution in [-0.4, -0.2) is 62.9 Å². The molecular formula is C11H19N3O3. The Labute approximate surface area is 101 Å². The highest BCUT2D eigenvalue weighted by atomic mass is 16.5. The van der Waals surface area contributed by atoms with Crippen molar-refractivity contribution in [2.75, 3.05) is 40.0 Å². The van der Waals surface area contributed by atoms with Gasteiger partial charge in [0.05, 0.1) is 25.8 Å². The summed E-state index contributed by atoms with van der Waals surface area (Å²) in [6.45, 7) is 4.36. The highest BCUT2D eigenvalue weighted by Gasteiger charge is 2.21. The third kappa shape index (κ3) is 5.13. The van der Waals surface area contributed by atoms with Gasteiger partial charge in [-0.2, -0.15) is 5.26 Å². The minimum Gasteiger partial charge on any atom is -0.383 e. The van der Waals surface area contributed by atoms with Crippen molar-refractivity contribution in [2.45, 2.75) is 19.1 Å². The molecule has 1 N–H and O–H groups in total. The molecule has 0 aliphatic carbocycles. The number of nitrogens with zero attached hydrogens (tertiary/aromatic N) is 2. The van der Waals surface area contributed by atoms with Crippen molar-refractivity contribution in [1.82, 2.24) is 10.2 Å². The van der Waals surface area contributed by atoms with Crippen LogP contribution in [0.25, 0.3) is 0 Å². The van der Waals surface area contributed by atoms with Gasteiger partial charge in [0.15, 0.2) is 6.10 Å². The molecule has 1 heterocycles. The molecule has 0 radical (unpaired) electrons. The molecule has 6 nitrogen and oxygen atoms in total. The maximum atomic E-state index is 11.7. The van der Waals surface area contributed by atoms with Gasteiger partial charge < -0.3 is 14.8 Å². The number of amides is 1. The fraction of sp³-hybridized carbons (Fsp3) is 0.818. The van der Waals surface area contributed by atoms with Gasteiger partial charge in [0.1, 0.15) is 0 Å². The summed E-state index contributed by atoms with van der Waals surface area (Å²) >= 11 is 0. The fourth-order valence-electron chi connectivity index (χ4n) is 1.74. The predicted octanol–water partition coefficient (Wildman–Crippen LogP) is -0.638. The average Bonchev–Trinajstić information content (AvgIpc) is 2.29. The second-order valence-electron chi connectivity index (χ2n) is 4.15. The monoisotopic (exact) mass is 241 g/mol. The molecule has 6 heteroatoms. The number of rotatable bonds is 5. The van der Waals surface area contributed by atoms with Gasteiger partial charge in [-0.1, -0.05) is 0 Å². The lowest BCUT2D eigenvalue weighted by Crippen LogP contribution is -2.48. The van der Waals surface area contributed by atoms with Crippen LogP contribution in [-0.2, 0) is 14.3 Å². The molecule has 1 rings (SSSR count). The summed E-state index contributed by atoms with van der Waals surface area (Å²) < 4.78 is 10.1. The summed E-state index contributed by atoms with van der Waals surface area (Å²) in [4.78, 5) is 13.6. The molecule has 0 bridgehead atoms. The van der Waals surface area contributed by atoms with Crippen LogP contribution in [0, 0.1) is 11.3 Å². The molecule has 0 aromatic carbocycles. The summed E-state index contributed by atoms with van der Waals surface area (Å²) in [5.41, 5.74) is 0. The van der Waals surface area contributed by atoms with E-state index in [0.29, 0.717) is 32.8 Å². The third-order valence-electron chi connectivity index (χ3n) is 2.49. The molecule has 0 spiro atoms. The molecule has 2 unspecified atom stereocenters. The zero-order chi connectivity index (χ0) is 12.7. The van der Waals surface area contributed by atoms with E-state index in [1.165, 1.54) is 0 Å². The zero-order valence-corrected chi connectivity index (χ0v) is 10.3.